The Balaban J connectivity index is 1.12. The number of amides is 3. The first-order valence-electron chi connectivity index (χ1n) is 18.3. The molecule has 3 N–H and O–H groups in total. The molecule has 11 heteroatoms. The van der Waals surface area contributed by atoms with Crippen LogP contribution in [0, 0.1) is 13.8 Å². The van der Waals surface area contributed by atoms with Crippen LogP contribution in [0.2, 0.25) is 0 Å². The topological polar surface area (TPSA) is 142 Å². The van der Waals surface area contributed by atoms with Crippen LogP contribution in [-0.4, -0.2) is 61.7 Å². The molecule has 2 atom stereocenters. The molecular formula is C43H45N5O6. The van der Waals surface area contributed by atoms with Gasteiger partial charge >= 0.3 is 12.2 Å². The minimum atomic E-state index is -1.16. The highest BCUT2D eigenvalue weighted by Gasteiger charge is 2.27. The molecule has 1 aliphatic heterocycles. The Labute approximate surface area is 314 Å². The van der Waals surface area contributed by atoms with E-state index in [9.17, 15) is 24.3 Å². The van der Waals surface area contributed by atoms with E-state index in [1.807, 2.05) is 39.0 Å². The lowest BCUT2D eigenvalue weighted by Gasteiger charge is -2.22. The van der Waals surface area contributed by atoms with E-state index in [1.165, 1.54) is 21.7 Å². The molecule has 0 spiro atoms. The maximum atomic E-state index is 13.5. The minimum Gasteiger partial charge on any atom is -0.465 e. The molecule has 3 aromatic carbocycles. The minimum absolute atomic E-state index is 0.00530. The zero-order valence-electron chi connectivity index (χ0n) is 31.2. The monoisotopic (exact) mass is 727 g/mol. The summed E-state index contributed by atoms with van der Waals surface area (Å²) in [5, 5.41) is 15.6. The molecule has 3 heterocycles. The average Bonchev–Trinajstić information content (AvgIpc) is 3.72. The van der Waals surface area contributed by atoms with Crippen LogP contribution in [0.3, 0.4) is 0 Å². The number of carbonyl (C=O) groups is 3. The Kier molecular flexibility index (Phi) is 9.74. The van der Waals surface area contributed by atoms with E-state index in [0.717, 1.165) is 62.2 Å². The van der Waals surface area contributed by atoms with Crippen LogP contribution in [-0.2, 0) is 28.9 Å². The molecule has 11 nitrogen and oxygen atoms in total. The molecule has 0 radical (unpaired) electrons. The smallest absolute Gasteiger partial charge is 0.407 e. The average molecular weight is 728 g/mol. The number of rotatable bonds is 8. The maximum Gasteiger partial charge on any atom is 0.407 e. The molecule has 2 aromatic heterocycles. The van der Waals surface area contributed by atoms with Gasteiger partial charge < -0.3 is 25.4 Å². The molecule has 2 aliphatic rings. The second kappa shape index (κ2) is 14.5. The third-order valence-electron chi connectivity index (χ3n) is 10.4. The van der Waals surface area contributed by atoms with E-state index >= 15 is 0 Å². The second-order valence-corrected chi connectivity index (χ2v) is 15.4. The van der Waals surface area contributed by atoms with Crippen molar-refractivity contribution >= 4 is 23.7 Å². The highest BCUT2D eigenvalue weighted by atomic mass is 16.6. The van der Waals surface area contributed by atoms with Crippen molar-refractivity contribution in [2.75, 3.05) is 6.54 Å². The first kappa shape index (κ1) is 36.4. The van der Waals surface area contributed by atoms with E-state index in [4.69, 9.17) is 4.74 Å². The van der Waals surface area contributed by atoms with Crippen molar-refractivity contribution in [3.8, 4) is 33.4 Å². The van der Waals surface area contributed by atoms with Gasteiger partial charge in [0.1, 0.15) is 11.2 Å². The summed E-state index contributed by atoms with van der Waals surface area (Å²) in [7, 11) is 0. The van der Waals surface area contributed by atoms with Crippen LogP contribution in [0.5, 0.6) is 0 Å². The van der Waals surface area contributed by atoms with Gasteiger partial charge in [0.2, 0.25) is 5.91 Å². The molecule has 7 rings (SSSR count). The van der Waals surface area contributed by atoms with Crippen molar-refractivity contribution in [3.63, 3.8) is 0 Å². The third kappa shape index (κ3) is 7.57. The number of nitrogens with zero attached hydrogens (tertiary/aromatic N) is 3. The summed E-state index contributed by atoms with van der Waals surface area (Å²) in [5.41, 5.74) is 10.9. The number of pyridine rings is 1. The predicted molar refractivity (Wildman–Crippen MR) is 207 cm³/mol. The summed E-state index contributed by atoms with van der Waals surface area (Å²) in [6.07, 6.45) is 4.01. The Hall–Kier alpha value is -5.97. The fourth-order valence-electron chi connectivity index (χ4n) is 7.73. The van der Waals surface area contributed by atoms with Crippen LogP contribution in [0.1, 0.15) is 61.4 Å². The van der Waals surface area contributed by atoms with Crippen LogP contribution in [0.4, 0.5) is 9.59 Å². The van der Waals surface area contributed by atoms with Crippen LogP contribution < -0.4 is 16.2 Å². The highest BCUT2D eigenvalue weighted by Crippen LogP contribution is 2.38. The molecule has 1 fully saturated rings. The van der Waals surface area contributed by atoms with E-state index in [-0.39, 0.29) is 42.2 Å². The van der Waals surface area contributed by atoms with Gasteiger partial charge in [0, 0.05) is 37.4 Å². The Morgan fingerprint density at radius 1 is 0.926 bits per heavy atom. The van der Waals surface area contributed by atoms with Gasteiger partial charge in [-0.05, 0) is 122 Å². The summed E-state index contributed by atoms with van der Waals surface area (Å²) in [6, 6.07) is 22.6. The van der Waals surface area contributed by atoms with E-state index < -0.39 is 17.8 Å². The quantitative estimate of drug-likeness (QED) is 0.155. The zero-order valence-corrected chi connectivity index (χ0v) is 31.2. The largest absolute Gasteiger partial charge is 0.465 e. The molecule has 3 amide bonds. The number of aromatic nitrogens is 2. The van der Waals surface area contributed by atoms with Gasteiger partial charge in [-0.2, -0.15) is 0 Å². The maximum absolute atomic E-state index is 13.5. The first-order chi connectivity index (χ1) is 25.7. The van der Waals surface area contributed by atoms with Crippen molar-refractivity contribution in [1.82, 2.24) is 24.9 Å². The fraction of sp³-hybridized carbons (Fsp3) is 0.326. The lowest BCUT2D eigenvalue weighted by atomic mass is 9.88. The normalized spacial score (nSPS) is 16.6. The predicted octanol–water partition coefficient (Wildman–Crippen LogP) is 7.06. The van der Waals surface area contributed by atoms with Crippen LogP contribution >= 0.6 is 0 Å². The number of alkyl carbamates (subject to hydrolysis) is 1. The highest BCUT2D eigenvalue weighted by molar-refractivity contribution is 5.84. The molecule has 1 saturated heterocycles. The number of hydrogen-bond donors (Lipinski definition) is 3. The summed E-state index contributed by atoms with van der Waals surface area (Å²) in [6.45, 7) is 9.81. The molecule has 0 bridgehead atoms. The number of nitrogens with one attached hydrogen (secondary N) is 2. The van der Waals surface area contributed by atoms with Crippen LogP contribution in [0.25, 0.3) is 39.0 Å². The Bertz CT molecular complexity index is 2360. The lowest BCUT2D eigenvalue weighted by molar-refractivity contribution is -0.119. The molecule has 54 heavy (non-hydrogen) atoms. The van der Waals surface area contributed by atoms with E-state index in [0.29, 0.717) is 18.5 Å². The molecule has 1 unspecified atom stereocenters. The van der Waals surface area contributed by atoms with Gasteiger partial charge in [0.05, 0.1) is 12.1 Å². The van der Waals surface area contributed by atoms with Gasteiger partial charge in [-0.15, -0.1) is 0 Å². The van der Waals surface area contributed by atoms with Gasteiger partial charge in [0.15, 0.2) is 0 Å². The van der Waals surface area contributed by atoms with E-state index in [1.54, 1.807) is 6.20 Å². The van der Waals surface area contributed by atoms with Gasteiger partial charge in [-0.25, -0.2) is 14.6 Å². The summed E-state index contributed by atoms with van der Waals surface area (Å²) in [4.78, 5) is 55.2. The third-order valence-corrected chi connectivity index (χ3v) is 10.4. The summed E-state index contributed by atoms with van der Waals surface area (Å²) < 4.78 is 6.92. The van der Waals surface area contributed by atoms with Crippen molar-refractivity contribution < 1.29 is 24.2 Å². The van der Waals surface area contributed by atoms with Gasteiger partial charge in [-0.1, -0.05) is 54.6 Å². The summed E-state index contributed by atoms with van der Waals surface area (Å²) in [5.74, 6) is -0.0978. The molecule has 1 aliphatic carbocycles. The number of benzene rings is 3. The number of hydrogen-bond acceptors (Lipinski definition) is 6. The number of carbonyl (C=O) groups excluding carboxylic acids is 2. The van der Waals surface area contributed by atoms with Crippen molar-refractivity contribution in [2.45, 2.75) is 84.5 Å². The molecule has 0 saturated carbocycles. The van der Waals surface area contributed by atoms with Crippen molar-refractivity contribution in [2.24, 2.45) is 0 Å². The molecular weight excluding hydrogens is 683 g/mol. The zero-order chi connectivity index (χ0) is 38.3. The van der Waals surface area contributed by atoms with Gasteiger partial charge in [0.25, 0.3) is 5.56 Å². The number of fused-ring (bicyclic) bond motifs is 2. The van der Waals surface area contributed by atoms with Gasteiger partial charge in [-0.3, -0.25) is 14.0 Å². The summed E-state index contributed by atoms with van der Waals surface area (Å²) >= 11 is 0. The Morgan fingerprint density at radius 2 is 1.57 bits per heavy atom. The molecule has 5 aromatic rings. The first-order valence-corrected chi connectivity index (χ1v) is 18.3. The van der Waals surface area contributed by atoms with Crippen molar-refractivity contribution in [1.29, 1.82) is 0 Å². The molecule has 278 valence electrons. The SMILES string of the molecule is Cc1c(-c2ccc3c(c2)CC(NC(=O)OC(C)(C)C)C3)cccc1-c1cccc(-c2ccn3c(=O)c(CN(C[C@@H]4CCC(=O)N4)C(=O)O)cnc3c2)c1C. The standard InChI is InChI=1S/C43H45N5O6/c1-25-34(28-13-12-27-19-33(20-30(27)18-28)46-41(51)54-43(3,4)5)8-6-10-36(25)37-11-7-9-35(26(37)2)29-16-17-48-38(21-29)44-22-31(40(48)50)23-47(42(52)53)24-32-14-15-39(49)45-32/h6-13,16-18,21-22,32-33H,14-15,19-20,23-24H2,1-5H3,(H,45,49)(H,46,51)(H,52,53)/t32-,33?/m0/s1. The van der Waals surface area contributed by atoms with Crippen LogP contribution in [0.15, 0.2) is 83.9 Å². The number of carboxylic acid groups (broad SMARTS) is 1. The second-order valence-electron chi connectivity index (χ2n) is 15.4. The fourth-order valence-corrected chi connectivity index (χ4v) is 7.73. The number of ether oxygens (including phenoxy) is 1. The lowest BCUT2D eigenvalue weighted by Crippen LogP contribution is -2.42. The van der Waals surface area contributed by atoms with E-state index in [2.05, 4.69) is 78.0 Å². The Morgan fingerprint density at radius 3 is 2.20 bits per heavy atom. The van der Waals surface area contributed by atoms with Crippen molar-refractivity contribution in [3.05, 3.63) is 117 Å².